The molecule has 0 aliphatic heterocycles. The summed E-state index contributed by atoms with van der Waals surface area (Å²) in [6.45, 7) is 5.92. The van der Waals surface area contributed by atoms with Crippen molar-refractivity contribution in [3.05, 3.63) is 16.1 Å². The van der Waals surface area contributed by atoms with Crippen molar-refractivity contribution in [2.75, 3.05) is 0 Å². The standard InChI is InChI=1S/C8H12FNO2S2/c1-8(2,3)7-10-6(4-13-7)5-14(9,11)12/h4H,5H2,1-3H3. The summed E-state index contributed by atoms with van der Waals surface area (Å²) in [6.07, 6.45) is 0. The van der Waals surface area contributed by atoms with Crippen LogP contribution in [-0.2, 0) is 21.4 Å². The highest BCUT2D eigenvalue weighted by atomic mass is 32.3. The van der Waals surface area contributed by atoms with Gasteiger partial charge in [0.05, 0.1) is 10.7 Å². The molecule has 0 saturated heterocycles. The van der Waals surface area contributed by atoms with E-state index in [1.807, 2.05) is 20.8 Å². The van der Waals surface area contributed by atoms with Crippen molar-refractivity contribution in [1.29, 1.82) is 0 Å². The second kappa shape index (κ2) is 3.58. The minimum Gasteiger partial charge on any atom is -0.245 e. The molecule has 1 aromatic rings. The van der Waals surface area contributed by atoms with E-state index in [0.717, 1.165) is 5.01 Å². The van der Waals surface area contributed by atoms with E-state index >= 15 is 0 Å². The first-order valence-corrected chi connectivity index (χ1v) is 6.49. The molecule has 3 nitrogen and oxygen atoms in total. The molecule has 0 radical (unpaired) electrons. The van der Waals surface area contributed by atoms with Crippen molar-refractivity contribution >= 4 is 21.6 Å². The molecule has 14 heavy (non-hydrogen) atoms. The van der Waals surface area contributed by atoms with Crippen molar-refractivity contribution in [1.82, 2.24) is 4.98 Å². The smallest absolute Gasteiger partial charge is 0.245 e. The molecule has 1 aromatic heterocycles. The maximum Gasteiger partial charge on any atom is 0.308 e. The van der Waals surface area contributed by atoms with Gasteiger partial charge in [0.1, 0.15) is 5.75 Å². The van der Waals surface area contributed by atoms with Crippen molar-refractivity contribution in [3.63, 3.8) is 0 Å². The Kier molecular flexibility index (Phi) is 2.96. The third-order valence-electron chi connectivity index (χ3n) is 1.51. The molecule has 0 saturated carbocycles. The summed E-state index contributed by atoms with van der Waals surface area (Å²) < 4.78 is 33.0. The molecule has 0 spiro atoms. The van der Waals surface area contributed by atoms with Crippen molar-refractivity contribution in [2.24, 2.45) is 0 Å². The largest absolute Gasteiger partial charge is 0.308 e. The first-order chi connectivity index (χ1) is 6.18. The molecule has 0 aromatic carbocycles. The molecule has 0 N–H and O–H groups in total. The van der Waals surface area contributed by atoms with Gasteiger partial charge in [-0.2, -0.15) is 8.42 Å². The molecule has 6 heteroatoms. The Hall–Kier alpha value is -0.490. The van der Waals surface area contributed by atoms with Gasteiger partial charge >= 0.3 is 10.2 Å². The third kappa shape index (κ3) is 3.34. The lowest BCUT2D eigenvalue weighted by Gasteiger charge is -2.13. The van der Waals surface area contributed by atoms with Gasteiger partial charge in [-0.1, -0.05) is 20.8 Å². The summed E-state index contributed by atoms with van der Waals surface area (Å²) in [4.78, 5) is 4.07. The number of halogens is 1. The van der Waals surface area contributed by atoms with Gasteiger partial charge in [0.15, 0.2) is 0 Å². The second-order valence-corrected chi connectivity index (χ2v) is 6.30. The third-order valence-corrected chi connectivity index (χ3v) is 3.47. The molecule has 0 aliphatic rings. The van der Waals surface area contributed by atoms with Gasteiger partial charge in [-0.15, -0.1) is 15.2 Å². The maximum absolute atomic E-state index is 12.3. The van der Waals surface area contributed by atoms with Gasteiger partial charge in [0, 0.05) is 10.8 Å². The number of hydrogen-bond acceptors (Lipinski definition) is 4. The van der Waals surface area contributed by atoms with Gasteiger partial charge < -0.3 is 0 Å². The highest BCUT2D eigenvalue weighted by molar-refractivity contribution is 7.85. The van der Waals surface area contributed by atoms with Crippen LogP contribution in [0.2, 0.25) is 0 Å². The van der Waals surface area contributed by atoms with Crippen LogP contribution in [0.4, 0.5) is 3.89 Å². The lowest BCUT2D eigenvalue weighted by atomic mass is 9.98. The SMILES string of the molecule is CC(C)(C)c1nc(CS(=O)(=O)F)cs1. The molecule has 0 atom stereocenters. The summed E-state index contributed by atoms with van der Waals surface area (Å²) in [6, 6.07) is 0. The lowest BCUT2D eigenvalue weighted by molar-refractivity contribution is 0.549. The Bertz CT molecular complexity index is 417. The fraction of sp³-hybridized carbons (Fsp3) is 0.625. The van der Waals surface area contributed by atoms with Gasteiger partial charge in [0.2, 0.25) is 0 Å². The van der Waals surface area contributed by atoms with E-state index in [2.05, 4.69) is 4.98 Å². The predicted octanol–water partition coefficient (Wildman–Crippen LogP) is 2.24. The predicted molar refractivity (Wildman–Crippen MR) is 54.5 cm³/mol. The summed E-state index contributed by atoms with van der Waals surface area (Å²) in [5.41, 5.74) is 0.158. The van der Waals surface area contributed by atoms with Crippen LogP contribution in [0.3, 0.4) is 0 Å². The molecule has 0 bridgehead atoms. The normalized spacial score (nSPS) is 13.1. The quantitative estimate of drug-likeness (QED) is 0.741. The summed E-state index contributed by atoms with van der Waals surface area (Å²) >= 11 is 1.35. The van der Waals surface area contributed by atoms with Crippen LogP contribution in [-0.4, -0.2) is 13.4 Å². The van der Waals surface area contributed by atoms with Crippen LogP contribution >= 0.6 is 11.3 Å². The molecule has 0 amide bonds. The number of rotatable bonds is 2. The average Bonchev–Trinajstić information content (AvgIpc) is 2.29. The van der Waals surface area contributed by atoms with Crippen molar-refractivity contribution in [3.8, 4) is 0 Å². The highest BCUT2D eigenvalue weighted by Crippen LogP contribution is 2.26. The molecule has 80 valence electrons. The Morgan fingerprint density at radius 2 is 2.07 bits per heavy atom. The first-order valence-electron chi connectivity index (χ1n) is 4.06. The Balaban J connectivity index is 2.90. The molecular weight excluding hydrogens is 225 g/mol. The second-order valence-electron chi connectivity index (χ2n) is 4.08. The Morgan fingerprint density at radius 1 is 1.50 bits per heavy atom. The van der Waals surface area contributed by atoms with Crippen LogP contribution in [0.5, 0.6) is 0 Å². The fourth-order valence-corrected chi connectivity index (χ4v) is 2.41. The van der Waals surface area contributed by atoms with Crippen LogP contribution in [0.1, 0.15) is 31.5 Å². The van der Waals surface area contributed by atoms with Crippen molar-refractivity contribution in [2.45, 2.75) is 31.9 Å². The molecule has 1 heterocycles. The molecule has 0 unspecified atom stereocenters. The zero-order chi connectivity index (χ0) is 11.0. The summed E-state index contributed by atoms with van der Waals surface area (Å²) in [7, 11) is -4.47. The van der Waals surface area contributed by atoms with Crippen molar-refractivity contribution < 1.29 is 12.3 Å². The minimum absolute atomic E-state index is 0.122. The monoisotopic (exact) mass is 237 g/mol. The van der Waals surface area contributed by atoms with E-state index in [-0.39, 0.29) is 11.1 Å². The van der Waals surface area contributed by atoms with Gasteiger partial charge in [-0.05, 0) is 0 Å². The van der Waals surface area contributed by atoms with E-state index in [0.29, 0.717) is 0 Å². The van der Waals surface area contributed by atoms with Gasteiger partial charge in [-0.3, -0.25) is 0 Å². The van der Waals surface area contributed by atoms with E-state index in [9.17, 15) is 12.3 Å². The number of aromatic nitrogens is 1. The molecular formula is C8H12FNO2S2. The summed E-state index contributed by atoms with van der Waals surface area (Å²) in [5.74, 6) is -0.625. The topological polar surface area (TPSA) is 47.0 Å². The number of nitrogens with zero attached hydrogens (tertiary/aromatic N) is 1. The Morgan fingerprint density at radius 3 is 2.43 bits per heavy atom. The van der Waals surface area contributed by atoms with E-state index in [1.165, 1.54) is 11.3 Å². The van der Waals surface area contributed by atoms with Crippen LogP contribution in [0, 0.1) is 0 Å². The lowest BCUT2D eigenvalue weighted by Crippen LogP contribution is -2.10. The zero-order valence-corrected chi connectivity index (χ0v) is 9.88. The van der Waals surface area contributed by atoms with Gasteiger partial charge in [0.25, 0.3) is 0 Å². The average molecular weight is 237 g/mol. The van der Waals surface area contributed by atoms with Crippen LogP contribution < -0.4 is 0 Å². The zero-order valence-electron chi connectivity index (χ0n) is 8.24. The van der Waals surface area contributed by atoms with Crippen LogP contribution in [0.25, 0.3) is 0 Å². The molecule has 1 rings (SSSR count). The van der Waals surface area contributed by atoms with E-state index in [4.69, 9.17) is 0 Å². The first kappa shape index (κ1) is 11.6. The van der Waals surface area contributed by atoms with Gasteiger partial charge in [-0.25, -0.2) is 4.98 Å². The minimum atomic E-state index is -4.47. The molecule has 0 aliphatic carbocycles. The molecule has 0 fully saturated rings. The highest BCUT2D eigenvalue weighted by Gasteiger charge is 2.19. The summed E-state index contributed by atoms with van der Waals surface area (Å²) in [5, 5.41) is 2.40. The number of hydrogen-bond donors (Lipinski definition) is 0. The van der Waals surface area contributed by atoms with E-state index < -0.39 is 16.0 Å². The maximum atomic E-state index is 12.3. The fourth-order valence-electron chi connectivity index (χ4n) is 0.894. The van der Waals surface area contributed by atoms with Crippen LogP contribution in [0.15, 0.2) is 5.38 Å². The van der Waals surface area contributed by atoms with E-state index in [1.54, 1.807) is 5.38 Å². The number of thiazole rings is 1. The Labute approximate surface area is 87.2 Å².